The third-order valence-corrected chi connectivity index (χ3v) is 5.50. The highest BCUT2D eigenvalue weighted by Crippen LogP contribution is 2.35. The Labute approximate surface area is 148 Å². The standard InChI is InChI=1S/C17H17N3O4S/c1-9-10(2)18-17-20(16(9)22)12(7-25-17)6-15(21)19-11-3-4-13-14(5-11)24-8-23-13/h3-5,12H,6-8H2,1-2H3,(H,19,21). The predicted molar refractivity (Wildman–Crippen MR) is 93.5 cm³/mol. The molecule has 1 N–H and O–H groups in total. The van der Waals surface area contributed by atoms with Gasteiger partial charge in [-0.05, 0) is 26.0 Å². The Kier molecular flexibility index (Phi) is 3.91. The Balaban J connectivity index is 1.50. The van der Waals surface area contributed by atoms with Gasteiger partial charge in [0.15, 0.2) is 16.7 Å². The van der Waals surface area contributed by atoms with Gasteiger partial charge in [-0.3, -0.25) is 14.2 Å². The van der Waals surface area contributed by atoms with Crippen molar-refractivity contribution in [2.45, 2.75) is 31.5 Å². The van der Waals surface area contributed by atoms with Crippen molar-refractivity contribution < 1.29 is 14.3 Å². The Morgan fingerprint density at radius 2 is 2.16 bits per heavy atom. The van der Waals surface area contributed by atoms with Crippen LogP contribution >= 0.6 is 11.8 Å². The highest BCUT2D eigenvalue weighted by Gasteiger charge is 2.28. The molecule has 2 aromatic rings. The quantitative estimate of drug-likeness (QED) is 0.847. The second-order valence-corrected chi connectivity index (χ2v) is 7.05. The highest BCUT2D eigenvalue weighted by molar-refractivity contribution is 7.99. The first-order valence-corrected chi connectivity index (χ1v) is 8.93. The van der Waals surface area contributed by atoms with E-state index in [0.29, 0.717) is 33.7 Å². The minimum atomic E-state index is -0.187. The molecule has 0 fully saturated rings. The molecule has 2 aliphatic heterocycles. The third kappa shape index (κ3) is 2.86. The van der Waals surface area contributed by atoms with Crippen LogP contribution in [0.3, 0.4) is 0 Å². The van der Waals surface area contributed by atoms with E-state index < -0.39 is 0 Å². The minimum absolute atomic E-state index is 0.0617. The Morgan fingerprint density at radius 1 is 1.36 bits per heavy atom. The molecule has 4 rings (SSSR count). The molecule has 0 saturated heterocycles. The molecule has 1 unspecified atom stereocenters. The number of hydrogen-bond donors (Lipinski definition) is 1. The van der Waals surface area contributed by atoms with E-state index in [1.165, 1.54) is 11.8 Å². The van der Waals surface area contributed by atoms with Crippen molar-refractivity contribution in [3.8, 4) is 11.5 Å². The number of aryl methyl sites for hydroxylation is 1. The third-order valence-electron chi connectivity index (χ3n) is 4.40. The summed E-state index contributed by atoms with van der Waals surface area (Å²) in [4.78, 5) is 29.4. The summed E-state index contributed by atoms with van der Waals surface area (Å²) in [5.41, 5.74) is 1.96. The molecule has 0 bridgehead atoms. The molecule has 0 saturated carbocycles. The van der Waals surface area contributed by atoms with Gasteiger partial charge in [-0.1, -0.05) is 11.8 Å². The number of ether oxygens (including phenoxy) is 2. The van der Waals surface area contributed by atoms with Gasteiger partial charge < -0.3 is 14.8 Å². The zero-order valence-electron chi connectivity index (χ0n) is 13.9. The van der Waals surface area contributed by atoms with Crippen LogP contribution in [0.4, 0.5) is 5.69 Å². The maximum absolute atomic E-state index is 12.5. The number of rotatable bonds is 3. The minimum Gasteiger partial charge on any atom is -0.454 e. The van der Waals surface area contributed by atoms with Crippen LogP contribution < -0.4 is 20.3 Å². The number of aromatic nitrogens is 2. The summed E-state index contributed by atoms with van der Waals surface area (Å²) in [5.74, 6) is 1.80. The summed E-state index contributed by atoms with van der Waals surface area (Å²) in [7, 11) is 0. The molecule has 130 valence electrons. The van der Waals surface area contributed by atoms with E-state index >= 15 is 0 Å². The van der Waals surface area contributed by atoms with Crippen molar-refractivity contribution in [1.82, 2.24) is 9.55 Å². The number of nitrogens with zero attached hydrogens (tertiary/aromatic N) is 2. The van der Waals surface area contributed by atoms with Crippen LogP contribution in [0.2, 0.25) is 0 Å². The van der Waals surface area contributed by atoms with Gasteiger partial charge in [0.1, 0.15) is 0 Å². The first kappa shape index (κ1) is 16.0. The number of carbonyl (C=O) groups excluding carboxylic acids is 1. The van der Waals surface area contributed by atoms with E-state index in [-0.39, 0.29) is 30.7 Å². The molecule has 7 nitrogen and oxygen atoms in total. The zero-order chi connectivity index (χ0) is 17.6. The number of nitrogens with one attached hydrogen (secondary N) is 1. The van der Waals surface area contributed by atoms with Crippen LogP contribution in [0, 0.1) is 13.8 Å². The number of carbonyl (C=O) groups is 1. The summed E-state index contributed by atoms with van der Waals surface area (Å²) in [6, 6.07) is 5.08. The first-order chi connectivity index (χ1) is 12.0. The molecular formula is C17H17N3O4S. The lowest BCUT2D eigenvalue weighted by molar-refractivity contribution is -0.116. The second-order valence-electron chi connectivity index (χ2n) is 6.07. The molecule has 25 heavy (non-hydrogen) atoms. The predicted octanol–water partition coefficient (Wildman–Crippen LogP) is 2.26. The molecule has 1 aromatic heterocycles. The first-order valence-electron chi connectivity index (χ1n) is 7.95. The Morgan fingerprint density at radius 3 is 3.00 bits per heavy atom. The maximum atomic E-state index is 12.5. The highest BCUT2D eigenvalue weighted by atomic mass is 32.2. The molecule has 1 amide bonds. The number of benzene rings is 1. The van der Waals surface area contributed by atoms with Crippen molar-refractivity contribution >= 4 is 23.4 Å². The van der Waals surface area contributed by atoms with Crippen molar-refractivity contribution in [3.05, 3.63) is 39.8 Å². The average molecular weight is 359 g/mol. The van der Waals surface area contributed by atoms with Gasteiger partial charge in [0.05, 0.1) is 6.04 Å². The van der Waals surface area contributed by atoms with E-state index in [9.17, 15) is 9.59 Å². The Hall–Kier alpha value is -2.48. The van der Waals surface area contributed by atoms with E-state index in [2.05, 4.69) is 10.3 Å². The fourth-order valence-corrected chi connectivity index (χ4v) is 4.10. The number of anilines is 1. The molecule has 1 atom stereocenters. The van der Waals surface area contributed by atoms with Crippen LogP contribution in [0.1, 0.15) is 23.7 Å². The van der Waals surface area contributed by atoms with E-state index in [4.69, 9.17) is 9.47 Å². The summed E-state index contributed by atoms with van der Waals surface area (Å²) < 4.78 is 12.2. The van der Waals surface area contributed by atoms with Crippen LogP contribution in [0.15, 0.2) is 28.2 Å². The number of amides is 1. The lowest BCUT2D eigenvalue weighted by Crippen LogP contribution is -2.29. The fraction of sp³-hybridized carbons (Fsp3) is 0.353. The zero-order valence-corrected chi connectivity index (χ0v) is 14.7. The SMILES string of the molecule is Cc1nc2n(c(=O)c1C)C(CC(=O)Nc1ccc3c(c1)OCO3)CS2. The van der Waals surface area contributed by atoms with Crippen molar-refractivity contribution in [2.24, 2.45) is 0 Å². The molecular weight excluding hydrogens is 342 g/mol. The number of hydrogen-bond acceptors (Lipinski definition) is 6. The number of fused-ring (bicyclic) bond motifs is 2. The summed E-state index contributed by atoms with van der Waals surface area (Å²) >= 11 is 1.51. The molecule has 2 aliphatic rings. The van der Waals surface area contributed by atoms with Crippen molar-refractivity contribution in [2.75, 3.05) is 17.9 Å². The summed E-state index contributed by atoms with van der Waals surface area (Å²) in [6.07, 6.45) is 0.221. The van der Waals surface area contributed by atoms with Gasteiger partial charge >= 0.3 is 0 Å². The lowest BCUT2D eigenvalue weighted by atomic mass is 10.2. The summed E-state index contributed by atoms with van der Waals surface area (Å²) in [6.45, 7) is 3.79. The largest absolute Gasteiger partial charge is 0.454 e. The average Bonchev–Trinajstić information content (AvgIpc) is 3.19. The number of thioether (sulfide) groups is 1. The van der Waals surface area contributed by atoms with Gasteiger partial charge in [-0.15, -0.1) is 0 Å². The van der Waals surface area contributed by atoms with Crippen LogP contribution in [-0.2, 0) is 4.79 Å². The molecule has 0 radical (unpaired) electrons. The topological polar surface area (TPSA) is 82.5 Å². The van der Waals surface area contributed by atoms with Crippen LogP contribution in [0.25, 0.3) is 0 Å². The van der Waals surface area contributed by atoms with Crippen LogP contribution in [0.5, 0.6) is 11.5 Å². The summed E-state index contributed by atoms with van der Waals surface area (Å²) in [5, 5.41) is 3.54. The maximum Gasteiger partial charge on any atom is 0.257 e. The van der Waals surface area contributed by atoms with Gasteiger partial charge in [-0.25, -0.2) is 4.98 Å². The molecule has 0 aliphatic carbocycles. The van der Waals surface area contributed by atoms with Gasteiger partial charge in [-0.2, -0.15) is 0 Å². The molecule has 1 aromatic carbocycles. The smallest absolute Gasteiger partial charge is 0.257 e. The van der Waals surface area contributed by atoms with Crippen molar-refractivity contribution in [1.29, 1.82) is 0 Å². The van der Waals surface area contributed by atoms with E-state index in [1.807, 2.05) is 6.92 Å². The molecule has 8 heteroatoms. The van der Waals surface area contributed by atoms with E-state index in [0.717, 1.165) is 5.69 Å². The monoisotopic (exact) mass is 359 g/mol. The van der Waals surface area contributed by atoms with Crippen LogP contribution in [-0.4, -0.2) is 28.0 Å². The molecule has 0 spiro atoms. The van der Waals surface area contributed by atoms with Gasteiger partial charge in [0.2, 0.25) is 12.7 Å². The fourth-order valence-electron chi connectivity index (χ4n) is 2.92. The second kappa shape index (κ2) is 6.11. The molecule has 3 heterocycles. The van der Waals surface area contributed by atoms with Gasteiger partial charge in [0, 0.05) is 35.2 Å². The normalized spacial score (nSPS) is 17.4. The van der Waals surface area contributed by atoms with Gasteiger partial charge in [0.25, 0.3) is 5.56 Å². The van der Waals surface area contributed by atoms with Crippen molar-refractivity contribution in [3.63, 3.8) is 0 Å². The Bertz CT molecular complexity index is 925. The van der Waals surface area contributed by atoms with E-state index in [1.54, 1.807) is 29.7 Å². The lowest BCUT2D eigenvalue weighted by Gasteiger charge is -2.14.